The molecule has 1 amide bonds. The van der Waals surface area contributed by atoms with Crippen molar-refractivity contribution in [2.45, 2.75) is 0 Å². The molecule has 0 radical (unpaired) electrons. The van der Waals surface area contributed by atoms with Crippen molar-refractivity contribution in [3.05, 3.63) is 52.5 Å². The molecule has 7 nitrogen and oxygen atoms in total. The van der Waals surface area contributed by atoms with Gasteiger partial charge in [-0.25, -0.2) is 0 Å². The summed E-state index contributed by atoms with van der Waals surface area (Å²) in [7, 11) is 3.05. The molecule has 0 bridgehead atoms. The first-order chi connectivity index (χ1) is 12.1. The Bertz CT molecular complexity index is 888. The molecule has 3 rings (SSSR count). The minimum absolute atomic E-state index is 0.182. The number of methoxy groups -OCH3 is 2. The molecule has 0 saturated carbocycles. The van der Waals surface area contributed by atoms with Crippen LogP contribution in [0.1, 0.15) is 10.4 Å². The summed E-state index contributed by atoms with van der Waals surface area (Å²) in [5, 5.41) is 9.48. The molecule has 1 heterocycles. The SMILES string of the molecule is COc1cc(OC)cc(C(=O)Nc2n[nH]c(-c3cccc(Br)c3)n2)c1. The molecule has 128 valence electrons. The van der Waals surface area contributed by atoms with Crippen molar-refractivity contribution in [3.8, 4) is 22.9 Å². The molecule has 2 aromatic carbocycles. The zero-order valence-corrected chi connectivity index (χ0v) is 15.1. The molecular weight excluding hydrogens is 388 g/mol. The molecule has 8 heteroatoms. The maximum atomic E-state index is 12.4. The average molecular weight is 403 g/mol. The van der Waals surface area contributed by atoms with E-state index in [2.05, 4.69) is 36.4 Å². The summed E-state index contributed by atoms with van der Waals surface area (Å²) in [5.41, 5.74) is 1.23. The summed E-state index contributed by atoms with van der Waals surface area (Å²) in [6.45, 7) is 0. The number of rotatable bonds is 5. The van der Waals surface area contributed by atoms with Crippen molar-refractivity contribution in [2.75, 3.05) is 19.5 Å². The van der Waals surface area contributed by atoms with Gasteiger partial charge in [-0.3, -0.25) is 15.2 Å². The maximum absolute atomic E-state index is 12.4. The Morgan fingerprint density at radius 1 is 1.12 bits per heavy atom. The van der Waals surface area contributed by atoms with Gasteiger partial charge in [-0.15, -0.1) is 5.10 Å². The van der Waals surface area contributed by atoms with Gasteiger partial charge in [0.15, 0.2) is 5.82 Å². The van der Waals surface area contributed by atoms with Crippen molar-refractivity contribution in [1.82, 2.24) is 15.2 Å². The maximum Gasteiger partial charge on any atom is 0.258 e. The molecule has 0 atom stereocenters. The van der Waals surface area contributed by atoms with Gasteiger partial charge >= 0.3 is 0 Å². The van der Waals surface area contributed by atoms with E-state index in [0.717, 1.165) is 10.0 Å². The first-order valence-corrected chi connectivity index (χ1v) is 8.11. The van der Waals surface area contributed by atoms with Gasteiger partial charge in [0.2, 0.25) is 5.95 Å². The number of halogens is 1. The van der Waals surface area contributed by atoms with Crippen LogP contribution in [0.5, 0.6) is 11.5 Å². The van der Waals surface area contributed by atoms with Crippen LogP contribution in [0.25, 0.3) is 11.4 Å². The highest BCUT2D eigenvalue weighted by atomic mass is 79.9. The first kappa shape index (κ1) is 17.0. The van der Waals surface area contributed by atoms with Crippen LogP contribution in [0, 0.1) is 0 Å². The molecule has 0 spiro atoms. The Kier molecular flexibility index (Phi) is 4.99. The smallest absolute Gasteiger partial charge is 0.258 e. The number of H-pyrrole nitrogens is 1. The number of carbonyl (C=O) groups is 1. The van der Waals surface area contributed by atoms with E-state index in [1.807, 2.05) is 24.3 Å². The third kappa shape index (κ3) is 3.97. The van der Waals surface area contributed by atoms with Gasteiger partial charge in [-0.1, -0.05) is 28.1 Å². The standard InChI is InChI=1S/C17H15BrN4O3/c1-24-13-7-11(8-14(9-13)25-2)16(23)20-17-19-15(21-22-17)10-4-3-5-12(18)6-10/h3-9H,1-2H3,(H2,19,20,21,22,23). The fourth-order valence-corrected chi connectivity index (χ4v) is 2.59. The molecule has 0 aliphatic rings. The molecule has 1 aromatic heterocycles. The summed E-state index contributed by atoms with van der Waals surface area (Å²) >= 11 is 3.41. The first-order valence-electron chi connectivity index (χ1n) is 7.32. The average Bonchev–Trinajstić information content (AvgIpc) is 3.09. The molecule has 25 heavy (non-hydrogen) atoms. The number of hydrogen-bond donors (Lipinski definition) is 2. The zero-order chi connectivity index (χ0) is 17.8. The summed E-state index contributed by atoms with van der Waals surface area (Å²) in [5.74, 6) is 1.42. The molecular formula is C17H15BrN4O3. The van der Waals surface area contributed by atoms with Crippen molar-refractivity contribution in [1.29, 1.82) is 0 Å². The second-order valence-corrected chi connectivity index (χ2v) is 5.99. The van der Waals surface area contributed by atoms with Crippen molar-refractivity contribution in [3.63, 3.8) is 0 Å². The largest absolute Gasteiger partial charge is 0.497 e. The number of aromatic nitrogens is 3. The van der Waals surface area contributed by atoms with Crippen molar-refractivity contribution >= 4 is 27.8 Å². The van der Waals surface area contributed by atoms with E-state index in [1.54, 1.807) is 18.2 Å². The van der Waals surface area contributed by atoms with Gasteiger partial charge in [0.25, 0.3) is 5.91 Å². The van der Waals surface area contributed by atoms with E-state index in [-0.39, 0.29) is 11.9 Å². The van der Waals surface area contributed by atoms with Crippen LogP contribution in [0.3, 0.4) is 0 Å². The van der Waals surface area contributed by atoms with Crippen LogP contribution in [0.15, 0.2) is 46.9 Å². The summed E-state index contributed by atoms with van der Waals surface area (Å²) in [4.78, 5) is 16.7. The Balaban J connectivity index is 1.80. The lowest BCUT2D eigenvalue weighted by Crippen LogP contribution is -2.13. The molecule has 0 unspecified atom stereocenters. The van der Waals surface area contributed by atoms with E-state index in [0.29, 0.717) is 22.9 Å². The van der Waals surface area contributed by atoms with Crippen LogP contribution in [-0.2, 0) is 0 Å². The van der Waals surface area contributed by atoms with Crippen LogP contribution in [0.2, 0.25) is 0 Å². The van der Waals surface area contributed by atoms with Gasteiger partial charge in [0, 0.05) is 21.7 Å². The topological polar surface area (TPSA) is 89.1 Å². The molecule has 0 aliphatic carbocycles. The molecule has 3 aromatic rings. The number of nitrogens with one attached hydrogen (secondary N) is 2. The number of amides is 1. The number of ether oxygens (including phenoxy) is 2. The van der Waals surface area contributed by atoms with Crippen LogP contribution < -0.4 is 14.8 Å². The molecule has 0 aliphatic heterocycles. The number of hydrogen-bond acceptors (Lipinski definition) is 5. The van der Waals surface area contributed by atoms with Crippen LogP contribution in [0.4, 0.5) is 5.95 Å². The predicted octanol–water partition coefficient (Wildman–Crippen LogP) is 3.50. The van der Waals surface area contributed by atoms with Gasteiger partial charge in [-0.2, -0.15) is 4.98 Å². The van der Waals surface area contributed by atoms with Gasteiger partial charge < -0.3 is 9.47 Å². The van der Waals surface area contributed by atoms with Crippen molar-refractivity contribution < 1.29 is 14.3 Å². The van der Waals surface area contributed by atoms with E-state index in [1.165, 1.54) is 14.2 Å². The molecule has 0 fully saturated rings. The van der Waals surface area contributed by atoms with E-state index >= 15 is 0 Å². The monoisotopic (exact) mass is 402 g/mol. The van der Waals surface area contributed by atoms with Gasteiger partial charge in [-0.05, 0) is 24.3 Å². The third-order valence-corrected chi connectivity index (χ3v) is 3.92. The Morgan fingerprint density at radius 2 is 1.84 bits per heavy atom. The highest BCUT2D eigenvalue weighted by Gasteiger charge is 2.13. The normalized spacial score (nSPS) is 10.4. The van der Waals surface area contributed by atoms with Crippen molar-refractivity contribution in [2.24, 2.45) is 0 Å². The fraction of sp³-hybridized carbons (Fsp3) is 0.118. The Hall–Kier alpha value is -2.87. The number of aromatic amines is 1. The second kappa shape index (κ2) is 7.35. The lowest BCUT2D eigenvalue weighted by Gasteiger charge is -2.07. The number of anilines is 1. The molecule has 2 N–H and O–H groups in total. The van der Waals surface area contributed by atoms with E-state index in [9.17, 15) is 4.79 Å². The van der Waals surface area contributed by atoms with E-state index < -0.39 is 0 Å². The lowest BCUT2D eigenvalue weighted by atomic mass is 10.2. The summed E-state index contributed by atoms with van der Waals surface area (Å²) < 4.78 is 11.3. The minimum Gasteiger partial charge on any atom is -0.497 e. The van der Waals surface area contributed by atoms with Gasteiger partial charge in [0.1, 0.15) is 11.5 Å². The molecule has 0 saturated heterocycles. The predicted molar refractivity (Wildman–Crippen MR) is 97.0 cm³/mol. The summed E-state index contributed by atoms with van der Waals surface area (Å²) in [6.07, 6.45) is 0. The quantitative estimate of drug-likeness (QED) is 0.681. The zero-order valence-electron chi connectivity index (χ0n) is 13.5. The number of nitrogens with zero attached hydrogens (tertiary/aromatic N) is 2. The highest BCUT2D eigenvalue weighted by molar-refractivity contribution is 9.10. The minimum atomic E-state index is -0.364. The van der Waals surface area contributed by atoms with Crippen LogP contribution in [-0.4, -0.2) is 35.3 Å². The fourth-order valence-electron chi connectivity index (χ4n) is 2.19. The Morgan fingerprint density at radius 3 is 2.48 bits per heavy atom. The number of carbonyl (C=O) groups excluding carboxylic acids is 1. The number of benzene rings is 2. The third-order valence-electron chi connectivity index (χ3n) is 3.42. The lowest BCUT2D eigenvalue weighted by molar-refractivity contribution is 0.102. The van der Waals surface area contributed by atoms with Crippen LogP contribution >= 0.6 is 15.9 Å². The van der Waals surface area contributed by atoms with Gasteiger partial charge in [0.05, 0.1) is 14.2 Å². The summed E-state index contributed by atoms with van der Waals surface area (Å²) in [6, 6.07) is 12.5. The Labute approximate surface area is 152 Å². The highest BCUT2D eigenvalue weighted by Crippen LogP contribution is 2.24. The van der Waals surface area contributed by atoms with E-state index in [4.69, 9.17) is 9.47 Å². The second-order valence-electron chi connectivity index (χ2n) is 5.07.